The van der Waals surface area contributed by atoms with E-state index in [1.54, 1.807) is 54.5 Å². The molecule has 3 heterocycles. The third-order valence-electron chi connectivity index (χ3n) is 7.13. The lowest BCUT2D eigenvalue weighted by Crippen LogP contribution is -2.57. The zero-order valence-electron chi connectivity index (χ0n) is 24.8. The van der Waals surface area contributed by atoms with Gasteiger partial charge in [-0.05, 0) is 24.1 Å². The van der Waals surface area contributed by atoms with Gasteiger partial charge in [0.1, 0.15) is 30.5 Å². The van der Waals surface area contributed by atoms with E-state index >= 15 is 0 Å². The number of piperazine rings is 1. The Kier molecular flexibility index (Phi) is 11.3. The summed E-state index contributed by atoms with van der Waals surface area (Å²) in [7, 11) is 3.12. The monoisotopic (exact) mass is 629 g/mol. The molecule has 15 heteroatoms. The zero-order valence-corrected chi connectivity index (χ0v) is 25.6. The number of carbonyl (C=O) groups is 3. The number of methoxy groups -OCH3 is 2. The molecule has 1 aliphatic heterocycles. The summed E-state index contributed by atoms with van der Waals surface area (Å²) in [6.07, 6.45) is 6.39. The molecule has 0 bridgehead atoms. The molecule has 2 N–H and O–H groups in total. The van der Waals surface area contributed by atoms with Gasteiger partial charge in [-0.3, -0.25) is 14.2 Å². The summed E-state index contributed by atoms with van der Waals surface area (Å²) >= 11 is 6.38. The van der Waals surface area contributed by atoms with Gasteiger partial charge >= 0.3 is 5.97 Å². The number of carbonyl (C=O) groups excluding carboxylic acids is 2. The molecule has 1 aromatic carbocycles. The van der Waals surface area contributed by atoms with Crippen molar-refractivity contribution < 1.29 is 33.7 Å². The fourth-order valence-electron chi connectivity index (χ4n) is 5.06. The van der Waals surface area contributed by atoms with Crippen LogP contribution >= 0.6 is 11.6 Å². The zero-order chi connectivity index (χ0) is 31.6. The quantitative estimate of drug-likeness (QED) is 0.252. The van der Waals surface area contributed by atoms with Gasteiger partial charge in [-0.15, -0.1) is 0 Å². The number of amides is 2. The van der Waals surface area contributed by atoms with Crippen LogP contribution in [0.25, 0.3) is 5.95 Å². The van der Waals surface area contributed by atoms with Crippen LogP contribution in [0.3, 0.4) is 0 Å². The van der Waals surface area contributed by atoms with Gasteiger partial charge in [-0.25, -0.2) is 14.8 Å². The van der Waals surface area contributed by atoms with E-state index in [9.17, 15) is 14.4 Å². The third-order valence-corrected chi connectivity index (χ3v) is 7.32. The summed E-state index contributed by atoms with van der Waals surface area (Å²) in [5.41, 5.74) is 0.873. The summed E-state index contributed by atoms with van der Waals surface area (Å²) in [6.45, 7) is 1.90. The van der Waals surface area contributed by atoms with E-state index in [1.807, 2.05) is 24.0 Å². The predicted molar refractivity (Wildman–Crippen MR) is 160 cm³/mol. The van der Waals surface area contributed by atoms with Gasteiger partial charge in [0.2, 0.25) is 17.8 Å². The molecule has 1 aliphatic rings. The first-order valence-corrected chi connectivity index (χ1v) is 14.5. The molecule has 0 radical (unpaired) electrons. The number of nitrogens with zero attached hydrogens (tertiary/aromatic N) is 6. The lowest BCUT2D eigenvalue weighted by molar-refractivity contribution is -0.146. The molecule has 1 saturated heterocycles. The minimum atomic E-state index is -1.16. The van der Waals surface area contributed by atoms with E-state index in [4.69, 9.17) is 30.9 Å². The van der Waals surface area contributed by atoms with Crippen molar-refractivity contribution in [3.63, 3.8) is 0 Å². The van der Waals surface area contributed by atoms with Crippen molar-refractivity contribution in [2.45, 2.75) is 38.3 Å². The van der Waals surface area contributed by atoms with E-state index in [-0.39, 0.29) is 42.6 Å². The van der Waals surface area contributed by atoms with E-state index in [0.717, 1.165) is 12.0 Å². The van der Waals surface area contributed by atoms with Crippen molar-refractivity contribution in [3.05, 3.63) is 53.7 Å². The van der Waals surface area contributed by atoms with Gasteiger partial charge in [0.15, 0.2) is 11.5 Å². The molecule has 3 aromatic rings. The van der Waals surface area contributed by atoms with E-state index in [2.05, 4.69) is 20.3 Å². The summed E-state index contributed by atoms with van der Waals surface area (Å²) in [6, 6.07) is 6.40. The first-order chi connectivity index (χ1) is 21.2. The predicted octanol–water partition coefficient (Wildman–Crippen LogP) is 2.50. The first kappa shape index (κ1) is 32.5. The van der Waals surface area contributed by atoms with Crippen molar-refractivity contribution in [1.29, 1.82) is 0 Å². The third kappa shape index (κ3) is 8.35. The topological polar surface area (TPSA) is 161 Å². The molecular weight excluding hydrogens is 594 g/mol. The van der Waals surface area contributed by atoms with Crippen LogP contribution in [0, 0.1) is 0 Å². The van der Waals surface area contributed by atoms with Crippen LogP contribution < -0.4 is 19.7 Å². The van der Waals surface area contributed by atoms with Crippen molar-refractivity contribution in [2.24, 2.45) is 0 Å². The molecule has 0 spiro atoms. The second kappa shape index (κ2) is 15.3. The Morgan fingerprint density at radius 2 is 1.91 bits per heavy atom. The van der Waals surface area contributed by atoms with Gasteiger partial charge in [0, 0.05) is 44.5 Å². The standard InChI is InChI=1S/C29H36ClN7O7/c1-4-5-21(19-6-7-22(42-2)23(12-19)43-3)32-26(38)13-20-15-35(27(39)16-44-17-28(40)41)10-11-37(20)25-14-24(30)33-29(34-25)36-9-8-31-18-36/h6-9,12,14,18,20-21H,4-5,10-11,13,15-17H2,1-3H3,(H,32,38)(H,40,41). The Balaban J connectivity index is 1.57. The van der Waals surface area contributed by atoms with Crippen LogP contribution in [0.15, 0.2) is 43.0 Å². The molecule has 2 atom stereocenters. The number of aliphatic carboxylic acids is 1. The average Bonchev–Trinajstić information content (AvgIpc) is 3.55. The van der Waals surface area contributed by atoms with Gasteiger partial charge in [0.25, 0.3) is 0 Å². The molecule has 2 unspecified atom stereocenters. The first-order valence-electron chi connectivity index (χ1n) is 14.1. The average molecular weight is 630 g/mol. The molecule has 4 rings (SSSR count). The Bertz CT molecular complexity index is 1440. The van der Waals surface area contributed by atoms with Crippen LogP contribution in [0.1, 0.15) is 37.8 Å². The highest BCUT2D eigenvalue weighted by atomic mass is 35.5. The maximum Gasteiger partial charge on any atom is 0.329 e. The molecule has 14 nitrogen and oxygen atoms in total. The van der Waals surface area contributed by atoms with Crippen molar-refractivity contribution >= 4 is 35.2 Å². The largest absolute Gasteiger partial charge is 0.493 e. The van der Waals surface area contributed by atoms with Gasteiger partial charge in [-0.1, -0.05) is 31.0 Å². The van der Waals surface area contributed by atoms with Crippen LogP contribution in [-0.2, 0) is 19.1 Å². The Morgan fingerprint density at radius 1 is 1.11 bits per heavy atom. The molecule has 0 saturated carbocycles. The molecule has 2 amide bonds. The molecule has 2 aromatic heterocycles. The fraction of sp³-hybridized carbons (Fsp3) is 0.448. The highest BCUT2D eigenvalue weighted by Crippen LogP contribution is 2.32. The highest BCUT2D eigenvalue weighted by molar-refractivity contribution is 6.29. The van der Waals surface area contributed by atoms with E-state index in [1.165, 1.54) is 0 Å². The van der Waals surface area contributed by atoms with Crippen molar-refractivity contribution in [1.82, 2.24) is 29.7 Å². The number of carboxylic acid groups (broad SMARTS) is 1. The molecular formula is C29H36ClN7O7. The van der Waals surface area contributed by atoms with Crippen molar-refractivity contribution in [2.75, 3.05) is 52.0 Å². The highest BCUT2D eigenvalue weighted by Gasteiger charge is 2.33. The summed E-state index contributed by atoms with van der Waals surface area (Å²) < 4.78 is 17.5. The number of carboxylic acids is 1. The van der Waals surface area contributed by atoms with Gasteiger partial charge in [-0.2, -0.15) is 4.98 Å². The number of rotatable bonds is 14. The summed E-state index contributed by atoms with van der Waals surface area (Å²) in [5, 5.41) is 12.2. The van der Waals surface area contributed by atoms with E-state index < -0.39 is 18.6 Å². The second-order valence-electron chi connectivity index (χ2n) is 10.1. The van der Waals surface area contributed by atoms with E-state index in [0.29, 0.717) is 42.8 Å². The molecule has 236 valence electrons. The number of nitrogens with one attached hydrogen (secondary N) is 1. The summed E-state index contributed by atoms with van der Waals surface area (Å²) in [5.74, 6) is 0.197. The minimum absolute atomic E-state index is 0.0370. The number of ether oxygens (including phenoxy) is 3. The number of aromatic nitrogens is 4. The Morgan fingerprint density at radius 3 is 2.59 bits per heavy atom. The smallest absolute Gasteiger partial charge is 0.329 e. The SMILES string of the molecule is CCCC(NC(=O)CC1CN(C(=O)COCC(=O)O)CCN1c1cc(Cl)nc(-n2ccnc2)n1)c1ccc(OC)c(OC)c1. The number of imidazole rings is 1. The van der Waals surface area contributed by atoms with Crippen LogP contribution in [-0.4, -0.2) is 100 Å². The molecule has 0 aliphatic carbocycles. The normalized spacial score (nSPS) is 15.5. The van der Waals surface area contributed by atoms with Gasteiger partial charge in [0.05, 0.1) is 26.3 Å². The number of halogens is 1. The maximum atomic E-state index is 13.6. The van der Waals surface area contributed by atoms with Crippen LogP contribution in [0.4, 0.5) is 5.82 Å². The lowest BCUT2D eigenvalue weighted by Gasteiger charge is -2.42. The number of anilines is 1. The Hall–Kier alpha value is -4.43. The molecule has 44 heavy (non-hydrogen) atoms. The fourth-order valence-corrected chi connectivity index (χ4v) is 5.23. The van der Waals surface area contributed by atoms with Crippen molar-refractivity contribution in [3.8, 4) is 17.4 Å². The number of hydrogen-bond donors (Lipinski definition) is 2. The van der Waals surface area contributed by atoms with Crippen LogP contribution in [0.5, 0.6) is 11.5 Å². The van der Waals surface area contributed by atoms with Gasteiger partial charge < -0.3 is 34.4 Å². The molecule has 1 fully saturated rings. The lowest BCUT2D eigenvalue weighted by atomic mass is 10.0. The maximum absolute atomic E-state index is 13.6. The Labute approximate surface area is 259 Å². The number of hydrogen-bond acceptors (Lipinski definition) is 10. The summed E-state index contributed by atoms with van der Waals surface area (Å²) in [4.78, 5) is 53.8. The second-order valence-corrected chi connectivity index (χ2v) is 10.5. The minimum Gasteiger partial charge on any atom is -0.493 e. The van der Waals surface area contributed by atoms with Crippen LogP contribution in [0.2, 0.25) is 5.15 Å². The number of benzene rings is 1.